The molecule has 0 saturated carbocycles. The highest BCUT2D eigenvalue weighted by molar-refractivity contribution is 5.96. The lowest BCUT2D eigenvalue weighted by atomic mass is 9.89. The number of hydrazone groups is 1. The van der Waals surface area contributed by atoms with Gasteiger partial charge in [-0.15, -0.1) is 0 Å². The molecule has 0 spiro atoms. The van der Waals surface area contributed by atoms with Crippen molar-refractivity contribution in [3.8, 4) is 11.4 Å². The van der Waals surface area contributed by atoms with E-state index >= 15 is 0 Å². The molecule has 0 fully saturated rings. The van der Waals surface area contributed by atoms with E-state index in [0.717, 1.165) is 61.8 Å². The summed E-state index contributed by atoms with van der Waals surface area (Å²) in [6, 6.07) is 9.60. The second-order valence-corrected chi connectivity index (χ2v) is 8.35. The number of amides is 1. The molecule has 176 valence electrons. The molecule has 1 amide bonds. The fourth-order valence-electron chi connectivity index (χ4n) is 4.74. The Morgan fingerprint density at radius 1 is 1.15 bits per heavy atom. The van der Waals surface area contributed by atoms with Crippen LogP contribution < -0.4 is 10.3 Å². The van der Waals surface area contributed by atoms with Gasteiger partial charge in [-0.1, -0.05) is 18.2 Å². The minimum Gasteiger partial charge on any atom is -0.507 e. The largest absolute Gasteiger partial charge is 0.507 e. The lowest BCUT2D eigenvalue weighted by Gasteiger charge is -2.37. The number of nitrogens with zero attached hydrogens (tertiary/aromatic N) is 4. The molecule has 0 unspecified atom stereocenters. The molecule has 3 heterocycles. The third kappa shape index (κ3) is 3.89. The van der Waals surface area contributed by atoms with Crippen molar-refractivity contribution in [3.63, 3.8) is 0 Å². The molecule has 0 saturated heterocycles. The minimum atomic E-state index is -4.81. The van der Waals surface area contributed by atoms with Crippen LogP contribution >= 0.6 is 0 Å². The number of rotatable bonds is 4. The van der Waals surface area contributed by atoms with Crippen molar-refractivity contribution in [1.82, 2.24) is 15.2 Å². The van der Waals surface area contributed by atoms with Gasteiger partial charge in [0, 0.05) is 29.9 Å². The van der Waals surface area contributed by atoms with Crippen molar-refractivity contribution in [2.75, 3.05) is 18.0 Å². The zero-order valence-electron chi connectivity index (χ0n) is 18.1. The number of anilines is 1. The molecule has 2 N–H and O–H groups in total. The highest BCUT2D eigenvalue weighted by Gasteiger charge is 2.40. The number of carbonyl (C=O) groups excluding carboxylic acids is 1. The van der Waals surface area contributed by atoms with E-state index < -0.39 is 23.3 Å². The summed E-state index contributed by atoms with van der Waals surface area (Å²) in [4.78, 5) is 14.9. The van der Waals surface area contributed by atoms with Crippen LogP contribution in [0.1, 0.15) is 45.6 Å². The van der Waals surface area contributed by atoms with Crippen molar-refractivity contribution in [1.29, 1.82) is 0 Å². The normalized spacial score (nSPS) is 15.4. The average Bonchev–Trinajstić information content (AvgIpc) is 3.29. The maximum Gasteiger partial charge on any atom is 0.434 e. The van der Waals surface area contributed by atoms with Gasteiger partial charge in [0.2, 0.25) is 0 Å². The van der Waals surface area contributed by atoms with Crippen LogP contribution in [-0.2, 0) is 19.0 Å². The van der Waals surface area contributed by atoms with Crippen molar-refractivity contribution in [2.24, 2.45) is 5.10 Å². The summed E-state index contributed by atoms with van der Waals surface area (Å²) < 4.78 is 42.1. The van der Waals surface area contributed by atoms with Crippen molar-refractivity contribution >= 4 is 17.8 Å². The molecule has 10 heteroatoms. The molecule has 34 heavy (non-hydrogen) atoms. The third-order valence-corrected chi connectivity index (χ3v) is 6.18. The SMILES string of the molecule is O=C(NN=Cc1cc2c3c(c1O)CCCN3CCC2)c1cnn(-c2ccccc2)c1C(F)(F)F. The standard InChI is InChI=1S/C24H22F3N5O2/c25-24(26,27)22-19(14-29-32(22)17-7-2-1-3-8-17)23(34)30-28-13-16-12-15-6-4-10-31-11-5-9-18(20(15)31)21(16)33/h1-3,7-8,12-14,33H,4-6,9-11H2,(H,30,34). The molecule has 0 aliphatic carbocycles. The zero-order chi connectivity index (χ0) is 23.9. The van der Waals surface area contributed by atoms with Crippen LogP contribution in [0.15, 0.2) is 47.7 Å². The predicted molar refractivity (Wildman–Crippen MR) is 121 cm³/mol. The summed E-state index contributed by atoms with van der Waals surface area (Å²) in [5, 5.41) is 18.4. The first-order valence-electron chi connectivity index (χ1n) is 11.0. The van der Waals surface area contributed by atoms with E-state index in [9.17, 15) is 23.1 Å². The first-order valence-corrected chi connectivity index (χ1v) is 11.0. The summed E-state index contributed by atoms with van der Waals surface area (Å²) in [5.74, 6) is -0.952. The number of aromatic hydroxyl groups is 1. The smallest absolute Gasteiger partial charge is 0.434 e. The summed E-state index contributed by atoms with van der Waals surface area (Å²) in [7, 11) is 0. The quantitative estimate of drug-likeness (QED) is 0.446. The molecule has 3 aromatic rings. The summed E-state index contributed by atoms with van der Waals surface area (Å²) >= 11 is 0. The van der Waals surface area contributed by atoms with Crippen LogP contribution in [0.25, 0.3) is 5.69 Å². The molecule has 0 atom stereocenters. The Hall–Kier alpha value is -3.82. The maximum atomic E-state index is 13.8. The lowest BCUT2D eigenvalue weighted by molar-refractivity contribution is -0.143. The second-order valence-electron chi connectivity index (χ2n) is 8.35. The van der Waals surface area contributed by atoms with Crippen LogP contribution in [0.3, 0.4) is 0 Å². The Bertz CT molecular complexity index is 1270. The van der Waals surface area contributed by atoms with Gasteiger partial charge in [0.25, 0.3) is 5.91 Å². The number of benzene rings is 2. The van der Waals surface area contributed by atoms with Gasteiger partial charge in [-0.3, -0.25) is 4.79 Å². The average molecular weight is 469 g/mol. The monoisotopic (exact) mass is 469 g/mol. The van der Waals surface area contributed by atoms with E-state index in [4.69, 9.17) is 0 Å². The van der Waals surface area contributed by atoms with Crippen LogP contribution in [0.4, 0.5) is 18.9 Å². The zero-order valence-corrected chi connectivity index (χ0v) is 18.1. The number of halogens is 3. The molecule has 0 radical (unpaired) electrons. The number of hydrogen-bond acceptors (Lipinski definition) is 5. The van der Waals surface area contributed by atoms with E-state index in [0.29, 0.717) is 10.2 Å². The van der Waals surface area contributed by atoms with Gasteiger partial charge in [-0.25, -0.2) is 10.1 Å². The lowest BCUT2D eigenvalue weighted by Crippen LogP contribution is -2.34. The fourth-order valence-corrected chi connectivity index (χ4v) is 4.74. The molecule has 0 bridgehead atoms. The minimum absolute atomic E-state index is 0.0937. The van der Waals surface area contributed by atoms with E-state index in [1.807, 2.05) is 6.07 Å². The van der Waals surface area contributed by atoms with Crippen LogP contribution in [0, 0.1) is 0 Å². The topological polar surface area (TPSA) is 82.8 Å². The fraction of sp³-hybridized carbons (Fsp3) is 0.292. The predicted octanol–water partition coefficient (Wildman–Crippen LogP) is 4.06. The van der Waals surface area contributed by atoms with Gasteiger partial charge >= 0.3 is 6.18 Å². The van der Waals surface area contributed by atoms with Gasteiger partial charge in [0.05, 0.1) is 23.7 Å². The molecule has 2 aromatic carbocycles. The number of nitrogens with one attached hydrogen (secondary N) is 1. The second kappa shape index (κ2) is 8.51. The number of phenolic OH excluding ortho intramolecular Hbond substituents is 1. The Morgan fingerprint density at radius 2 is 1.88 bits per heavy atom. The van der Waals surface area contributed by atoms with Gasteiger partial charge in [0.1, 0.15) is 5.75 Å². The van der Waals surface area contributed by atoms with Crippen LogP contribution in [0.5, 0.6) is 5.75 Å². The third-order valence-electron chi connectivity index (χ3n) is 6.18. The summed E-state index contributed by atoms with van der Waals surface area (Å²) in [5.41, 5.74) is 3.97. The molecular weight excluding hydrogens is 447 g/mol. The molecule has 7 nitrogen and oxygen atoms in total. The molecule has 2 aliphatic rings. The van der Waals surface area contributed by atoms with Gasteiger partial charge in [-0.05, 0) is 49.4 Å². The van der Waals surface area contributed by atoms with E-state index in [1.54, 1.807) is 18.2 Å². The number of aromatic nitrogens is 2. The molecular formula is C24H22F3N5O2. The van der Waals surface area contributed by atoms with Crippen LogP contribution in [0.2, 0.25) is 0 Å². The Kier molecular flexibility index (Phi) is 5.51. The van der Waals surface area contributed by atoms with Gasteiger partial charge < -0.3 is 10.0 Å². The van der Waals surface area contributed by atoms with Crippen LogP contribution in [-0.4, -0.2) is 40.1 Å². The number of alkyl halides is 3. The van der Waals surface area contributed by atoms with E-state index in [1.165, 1.54) is 18.3 Å². The highest BCUT2D eigenvalue weighted by atomic mass is 19.4. The number of aryl methyl sites for hydroxylation is 1. The molecule has 2 aliphatic heterocycles. The Labute approximate surface area is 193 Å². The summed E-state index contributed by atoms with van der Waals surface area (Å²) in [6.45, 7) is 1.92. The van der Waals surface area contributed by atoms with E-state index in [2.05, 4.69) is 20.5 Å². The first-order chi connectivity index (χ1) is 16.3. The van der Waals surface area contributed by atoms with Crippen molar-refractivity contribution in [2.45, 2.75) is 31.9 Å². The van der Waals surface area contributed by atoms with Crippen molar-refractivity contribution in [3.05, 3.63) is 70.5 Å². The summed E-state index contributed by atoms with van der Waals surface area (Å²) in [6.07, 6.45) is 0.890. The Balaban J connectivity index is 1.42. The highest BCUT2D eigenvalue weighted by Crippen LogP contribution is 2.41. The number of carbonyl (C=O) groups is 1. The molecule has 5 rings (SSSR count). The van der Waals surface area contributed by atoms with Crippen molar-refractivity contribution < 1.29 is 23.1 Å². The van der Waals surface area contributed by atoms with E-state index in [-0.39, 0.29) is 11.4 Å². The number of hydrogen-bond donors (Lipinski definition) is 2. The first kappa shape index (κ1) is 22.0. The maximum absolute atomic E-state index is 13.8. The molecule has 1 aromatic heterocycles. The Morgan fingerprint density at radius 3 is 2.62 bits per heavy atom. The number of para-hydroxylation sites is 1. The van der Waals surface area contributed by atoms with Gasteiger partial charge in [0.15, 0.2) is 5.69 Å². The van der Waals surface area contributed by atoms with Gasteiger partial charge in [-0.2, -0.15) is 23.4 Å². The number of phenols is 1.